The summed E-state index contributed by atoms with van der Waals surface area (Å²) in [6.07, 6.45) is -0.930. The number of carbonyl (C=O) groups excluding carboxylic acids is 3. The fourth-order valence-electron chi connectivity index (χ4n) is 1.99. The third-order valence-corrected chi connectivity index (χ3v) is 4.64. The fourth-order valence-corrected chi connectivity index (χ4v) is 2.80. The molecule has 7 heteroatoms. The first-order chi connectivity index (χ1) is 12.3. The second-order valence-corrected chi connectivity index (χ2v) is 6.98. The number of ether oxygens (including phenoxy) is 1. The van der Waals surface area contributed by atoms with E-state index in [9.17, 15) is 14.4 Å². The van der Waals surface area contributed by atoms with Gasteiger partial charge in [-0.25, -0.2) is 0 Å². The molecule has 2 aromatic carbocycles. The average Bonchev–Trinajstić information content (AvgIpc) is 2.61. The highest BCUT2D eigenvalue weighted by molar-refractivity contribution is 8.00. The van der Waals surface area contributed by atoms with E-state index in [-0.39, 0.29) is 11.5 Å². The summed E-state index contributed by atoms with van der Waals surface area (Å²) in [6.45, 7) is 2.97. The van der Waals surface area contributed by atoms with Crippen molar-refractivity contribution in [2.45, 2.75) is 24.8 Å². The summed E-state index contributed by atoms with van der Waals surface area (Å²) >= 11 is 7.11. The largest absolute Gasteiger partial charge is 0.452 e. The first-order valence-corrected chi connectivity index (χ1v) is 9.21. The van der Waals surface area contributed by atoms with Crippen molar-refractivity contribution in [1.82, 2.24) is 0 Å². The highest BCUT2D eigenvalue weighted by atomic mass is 35.5. The molecule has 0 spiro atoms. The Kier molecular flexibility index (Phi) is 7.24. The van der Waals surface area contributed by atoms with Crippen LogP contribution >= 0.6 is 23.4 Å². The van der Waals surface area contributed by atoms with E-state index >= 15 is 0 Å². The van der Waals surface area contributed by atoms with E-state index in [1.54, 1.807) is 48.5 Å². The SMILES string of the molecule is CC(=O)c1ccc(NC(=O)C(C)OC(=O)CSc2ccc(Cl)cc2)cc1. The summed E-state index contributed by atoms with van der Waals surface area (Å²) in [7, 11) is 0. The Bertz CT molecular complexity index is 790. The lowest BCUT2D eigenvalue weighted by molar-refractivity contribution is -0.150. The summed E-state index contributed by atoms with van der Waals surface area (Å²) in [5.41, 5.74) is 1.08. The number of benzene rings is 2. The van der Waals surface area contributed by atoms with Crippen LogP contribution in [0, 0.1) is 0 Å². The highest BCUT2D eigenvalue weighted by Gasteiger charge is 2.18. The number of esters is 1. The number of rotatable bonds is 7. The minimum Gasteiger partial charge on any atom is -0.452 e. The van der Waals surface area contributed by atoms with Gasteiger partial charge in [-0.3, -0.25) is 14.4 Å². The Morgan fingerprint density at radius 3 is 2.27 bits per heavy atom. The van der Waals surface area contributed by atoms with Gasteiger partial charge in [-0.15, -0.1) is 11.8 Å². The summed E-state index contributed by atoms with van der Waals surface area (Å²) in [6, 6.07) is 13.6. The highest BCUT2D eigenvalue weighted by Crippen LogP contribution is 2.20. The monoisotopic (exact) mass is 391 g/mol. The normalized spacial score (nSPS) is 11.5. The lowest BCUT2D eigenvalue weighted by atomic mass is 10.1. The van der Waals surface area contributed by atoms with E-state index in [1.807, 2.05) is 0 Å². The van der Waals surface area contributed by atoms with Crippen molar-refractivity contribution in [2.75, 3.05) is 11.1 Å². The predicted molar refractivity (Wildman–Crippen MR) is 103 cm³/mol. The van der Waals surface area contributed by atoms with Gasteiger partial charge in [0, 0.05) is 21.2 Å². The molecule has 0 saturated carbocycles. The third kappa shape index (κ3) is 6.20. The van der Waals surface area contributed by atoms with Crippen LogP contribution in [0.2, 0.25) is 5.02 Å². The molecule has 0 saturated heterocycles. The molecule has 5 nitrogen and oxygen atoms in total. The van der Waals surface area contributed by atoms with Crippen molar-refractivity contribution in [3.05, 3.63) is 59.1 Å². The van der Waals surface area contributed by atoms with Gasteiger partial charge in [0.2, 0.25) is 0 Å². The lowest BCUT2D eigenvalue weighted by Crippen LogP contribution is -2.30. The van der Waals surface area contributed by atoms with E-state index in [1.165, 1.54) is 25.6 Å². The second-order valence-electron chi connectivity index (χ2n) is 5.50. The number of anilines is 1. The van der Waals surface area contributed by atoms with Crippen LogP contribution in [0.1, 0.15) is 24.2 Å². The zero-order chi connectivity index (χ0) is 19.1. The smallest absolute Gasteiger partial charge is 0.317 e. The molecule has 0 aliphatic carbocycles. The molecule has 0 aliphatic rings. The van der Waals surface area contributed by atoms with E-state index < -0.39 is 18.0 Å². The molecular weight excluding hydrogens is 374 g/mol. The number of ketones is 1. The van der Waals surface area contributed by atoms with E-state index in [2.05, 4.69) is 5.32 Å². The van der Waals surface area contributed by atoms with E-state index in [0.29, 0.717) is 16.3 Å². The van der Waals surface area contributed by atoms with Gasteiger partial charge in [-0.2, -0.15) is 0 Å². The minimum atomic E-state index is -0.930. The standard InChI is InChI=1S/C19H18ClNO4S/c1-12(22)14-3-7-16(8-4-14)21-19(24)13(2)25-18(23)11-26-17-9-5-15(20)6-10-17/h3-10,13H,11H2,1-2H3,(H,21,24). The maximum Gasteiger partial charge on any atom is 0.317 e. The Morgan fingerprint density at radius 2 is 1.69 bits per heavy atom. The van der Waals surface area contributed by atoms with Crippen molar-refractivity contribution >= 4 is 46.7 Å². The van der Waals surface area contributed by atoms with Crippen LogP contribution in [0.15, 0.2) is 53.4 Å². The topological polar surface area (TPSA) is 72.5 Å². The number of Topliss-reactive ketones (excluding diaryl/α,β-unsaturated/α-hetero) is 1. The van der Waals surface area contributed by atoms with Gasteiger partial charge >= 0.3 is 5.97 Å². The molecule has 1 unspecified atom stereocenters. The predicted octanol–water partition coefficient (Wildman–Crippen LogP) is 4.21. The van der Waals surface area contributed by atoms with Crippen molar-refractivity contribution in [3.63, 3.8) is 0 Å². The zero-order valence-electron chi connectivity index (χ0n) is 14.3. The van der Waals surface area contributed by atoms with Gasteiger partial charge in [0.1, 0.15) is 0 Å². The van der Waals surface area contributed by atoms with Crippen LogP contribution in [0.25, 0.3) is 0 Å². The van der Waals surface area contributed by atoms with Crippen LogP contribution in [-0.2, 0) is 14.3 Å². The summed E-state index contributed by atoms with van der Waals surface area (Å²) in [5.74, 6) is -0.889. The first kappa shape index (κ1) is 20.0. The number of carbonyl (C=O) groups is 3. The van der Waals surface area contributed by atoms with Crippen LogP contribution in [-0.4, -0.2) is 29.5 Å². The first-order valence-electron chi connectivity index (χ1n) is 7.85. The Morgan fingerprint density at radius 1 is 1.08 bits per heavy atom. The van der Waals surface area contributed by atoms with Crippen molar-refractivity contribution in [1.29, 1.82) is 0 Å². The summed E-state index contributed by atoms with van der Waals surface area (Å²) in [4.78, 5) is 36.1. The molecule has 1 N–H and O–H groups in total. The van der Waals surface area contributed by atoms with Crippen LogP contribution in [0.5, 0.6) is 0 Å². The zero-order valence-corrected chi connectivity index (χ0v) is 15.9. The number of hydrogen-bond acceptors (Lipinski definition) is 5. The number of thioether (sulfide) groups is 1. The summed E-state index contributed by atoms with van der Waals surface area (Å²) in [5, 5.41) is 3.27. The van der Waals surface area contributed by atoms with E-state index in [4.69, 9.17) is 16.3 Å². The molecule has 1 amide bonds. The molecule has 26 heavy (non-hydrogen) atoms. The number of hydrogen-bond donors (Lipinski definition) is 1. The molecule has 136 valence electrons. The van der Waals surface area contributed by atoms with Crippen molar-refractivity contribution in [3.8, 4) is 0 Å². The molecule has 2 rings (SSSR count). The quantitative estimate of drug-likeness (QED) is 0.435. The van der Waals surface area contributed by atoms with Gasteiger partial charge in [-0.05, 0) is 62.4 Å². The lowest BCUT2D eigenvalue weighted by Gasteiger charge is -2.13. The van der Waals surface area contributed by atoms with Crippen LogP contribution < -0.4 is 5.32 Å². The third-order valence-electron chi connectivity index (χ3n) is 3.41. The molecule has 0 aliphatic heterocycles. The van der Waals surface area contributed by atoms with Gasteiger partial charge in [0.05, 0.1) is 5.75 Å². The molecular formula is C19H18ClNO4S. The van der Waals surface area contributed by atoms with Gasteiger partial charge < -0.3 is 10.1 Å². The Balaban J connectivity index is 1.80. The van der Waals surface area contributed by atoms with Gasteiger partial charge in [0.15, 0.2) is 11.9 Å². The average molecular weight is 392 g/mol. The number of amides is 1. The minimum absolute atomic E-state index is 0.0524. The van der Waals surface area contributed by atoms with Gasteiger partial charge in [0.25, 0.3) is 5.91 Å². The molecule has 0 fully saturated rings. The Labute approximate surface area is 161 Å². The second kappa shape index (κ2) is 9.40. The molecule has 2 aromatic rings. The number of halogens is 1. The van der Waals surface area contributed by atoms with Crippen LogP contribution in [0.4, 0.5) is 5.69 Å². The number of nitrogens with one attached hydrogen (secondary N) is 1. The van der Waals surface area contributed by atoms with Gasteiger partial charge in [-0.1, -0.05) is 11.6 Å². The molecule has 1 atom stereocenters. The molecule has 0 heterocycles. The van der Waals surface area contributed by atoms with Crippen molar-refractivity contribution < 1.29 is 19.1 Å². The fraction of sp³-hybridized carbons (Fsp3) is 0.211. The Hall–Kier alpha value is -2.31. The maximum absolute atomic E-state index is 12.1. The van der Waals surface area contributed by atoms with Crippen molar-refractivity contribution in [2.24, 2.45) is 0 Å². The molecule has 0 aromatic heterocycles. The summed E-state index contributed by atoms with van der Waals surface area (Å²) < 4.78 is 5.14. The molecule has 0 bridgehead atoms. The van der Waals surface area contributed by atoms with Crippen LogP contribution in [0.3, 0.4) is 0 Å². The molecule has 0 radical (unpaired) electrons. The van der Waals surface area contributed by atoms with E-state index in [0.717, 1.165) is 4.90 Å². The maximum atomic E-state index is 12.1.